The van der Waals surface area contributed by atoms with E-state index in [0.29, 0.717) is 19.1 Å². The van der Waals surface area contributed by atoms with Crippen LogP contribution in [0.4, 0.5) is 0 Å². The summed E-state index contributed by atoms with van der Waals surface area (Å²) < 4.78 is 5.72. The van der Waals surface area contributed by atoms with Crippen molar-refractivity contribution in [1.82, 2.24) is 0 Å². The molecule has 0 amide bonds. The van der Waals surface area contributed by atoms with Gasteiger partial charge in [-0.3, -0.25) is 0 Å². The van der Waals surface area contributed by atoms with E-state index in [1.807, 2.05) is 24.3 Å². The second-order valence-electron chi connectivity index (χ2n) is 3.87. The quantitative estimate of drug-likeness (QED) is 0.746. The first kappa shape index (κ1) is 12.8. The third kappa shape index (κ3) is 3.70. The molecule has 2 N–H and O–H groups in total. The molecular weight excluding hydrogens is 198 g/mol. The fourth-order valence-electron chi connectivity index (χ4n) is 1.54. The topological polar surface area (TPSA) is 35.2 Å². The lowest BCUT2D eigenvalue weighted by atomic mass is 9.98. The summed E-state index contributed by atoms with van der Waals surface area (Å²) in [6.07, 6.45) is 4.98. The highest BCUT2D eigenvalue weighted by atomic mass is 16.5. The largest absolute Gasteiger partial charge is 0.489 e. The van der Waals surface area contributed by atoms with E-state index in [1.165, 1.54) is 5.56 Å². The van der Waals surface area contributed by atoms with E-state index in [0.717, 1.165) is 12.2 Å². The molecule has 0 aliphatic carbocycles. The standard InChI is InChI=1S/C14H21NO/c1-3-12(2)13-8-4-5-9-14(13)16-11-7-6-10-15/h4-9,12H,3,10-11,15H2,1-2H3. The van der Waals surface area contributed by atoms with Crippen LogP contribution in [0.2, 0.25) is 0 Å². The summed E-state index contributed by atoms with van der Waals surface area (Å²) in [5.74, 6) is 1.52. The zero-order chi connectivity index (χ0) is 11.8. The number of benzene rings is 1. The Kier molecular flexibility index (Phi) is 5.65. The van der Waals surface area contributed by atoms with Crippen molar-refractivity contribution in [3.05, 3.63) is 42.0 Å². The second kappa shape index (κ2) is 7.07. The molecule has 1 aromatic carbocycles. The van der Waals surface area contributed by atoms with Crippen LogP contribution in [0.1, 0.15) is 31.7 Å². The molecule has 0 aliphatic heterocycles. The predicted octanol–water partition coefficient (Wildman–Crippen LogP) is 3.09. The van der Waals surface area contributed by atoms with Gasteiger partial charge in [0.15, 0.2) is 0 Å². The average Bonchev–Trinajstić information content (AvgIpc) is 2.34. The van der Waals surface area contributed by atoms with E-state index < -0.39 is 0 Å². The first-order valence-electron chi connectivity index (χ1n) is 5.86. The second-order valence-corrected chi connectivity index (χ2v) is 3.87. The van der Waals surface area contributed by atoms with Crippen molar-refractivity contribution in [1.29, 1.82) is 0 Å². The van der Waals surface area contributed by atoms with Crippen molar-refractivity contribution in [2.24, 2.45) is 5.73 Å². The van der Waals surface area contributed by atoms with Crippen LogP contribution in [0.15, 0.2) is 36.4 Å². The van der Waals surface area contributed by atoms with Gasteiger partial charge in [0.05, 0.1) is 0 Å². The minimum atomic E-state index is 0.537. The van der Waals surface area contributed by atoms with Gasteiger partial charge in [-0.1, -0.05) is 44.2 Å². The van der Waals surface area contributed by atoms with Gasteiger partial charge in [-0.05, 0) is 24.0 Å². The van der Waals surface area contributed by atoms with E-state index in [4.69, 9.17) is 10.5 Å². The van der Waals surface area contributed by atoms with Crippen molar-refractivity contribution in [3.8, 4) is 5.75 Å². The van der Waals surface area contributed by atoms with Crippen molar-refractivity contribution < 1.29 is 4.74 Å². The Balaban J connectivity index is 2.67. The van der Waals surface area contributed by atoms with Crippen molar-refractivity contribution in [3.63, 3.8) is 0 Å². The SMILES string of the molecule is CCC(C)c1ccccc1OCC=CCN. The van der Waals surface area contributed by atoms with Crippen molar-refractivity contribution in [2.75, 3.05) is 13.2 Å². The third-order valence-corrected chi connectivity index (χ3v) is 2.70. The Labute approximate surface area is 98.1 Å². The van der Waals surface area contributed by atoms with E-state index in [-0.39, 0.29) is 0 Å². The average molecular weight is 219 g/mol. The summed E-state index contributed by atoms with van der Waals surface area (Å²) in [6.45, 7) is 5.56. The molecule has 0 aliphatic rings. The molecule has 0 radical (unpaired) electrons. The smallest absolute Gasteiger partial charge is 0.123 e. The first-order chi connectivity index (χ1) is 7.79. The van der Waals surface area contributed by atoms with Gasteiger partial charge >= 0.3 is 0 Å². The van der Waals surface area contributed by atoms with Gasteiger partial charge in [0.1, 0.15) is 12.4 Å². The highest BCUT2D eigenvalue weighted by Gasteiger charge is 2.08. The van der Waals surface area contributed by atoms with Crippen molar-refractivity contribution in [2.45, 2.75) is 26.2 Å². The lowest BCUT2D eigenvalue weighted by Gasteiger charge is -2.14. The monoisotopic (exact) mass is 219 g/mol. The van der Waals surface area contributed by atoms with Crippen LogP contribution in [0, 0.1) is 0 Å². The summed E-state index contributed by atoms with van der Waals surface area (Å²) in [6, 6.07) is 8.23. The molecule has 1 atom stereocenters. The Morgan fingerprint density at radius 3 is 2.75 bits per heavy atom. The van der Waals surface area contributed by atoms with Gasteiger partial charge in [0, 0.05) is 6.54 Å². The number of hydrogen-bond acceptors (Lipinski definition) is 2. The van der Waals surface area contributed by atoms with Crippen LogP contribution in [-0.2, 0) is 0 Å². The normalized spacial score (nSPS) is 12.9. The number of hydrogen-bond donors (Lipinski definition) is 1. The molecule has 1 unspecified atom stereocenters. The lowest BCUT2D eigenvalue weighted by molar-refractivity contribution is 0.356. The van der Waals surface area contributed by atoms with Crippen LogP contribution >= 0.6 is 0 Å². The fourth-order valence-corrected chi connectivity index (χ4v) is 1.54. The summed E-state index contributed by atoms with van der Waals surface area (Å²) in [5.41, 5.74) is 6.65. The highest BCUT2D eigenvalue weighted by Crippen LogP contribution is 2.28. The van der Waals surface area contributed by atoms with Gasteiger partial charge < -0.3 is 10.5 Å². The molecule has 0 aromatic heterocycles. The van der Waals surface area contributed by atoms with Crippen LogP contribution < -0.4 is 10.5 Å². The van der Waals surface area contributed by atoms with E-state index in [1.54, 1.807) is 0 Å². The van der Waals surface area contributed by atoms with Gasteiger partial charge in [-0.25, -0.2) is 0 Å². The summed E-state index contributed by atoms with van der Waals surface area (Å²) >= 11 is 0. The van der Waals surface area contributed by atoms with Crippen molar-refractivity contribution >= 4 is 0 Å². The van der Waals surface area contributed by atoms with Gasteiger partial charge in [0.2, 0.25) is 0 Å². The number of rotatable bonds is 6. The molecule has 2 nitrogen and oxygen atoms in total. The molecule has 0 fully saturated rings. The molecule has 2 heteroatoms. The molecule has 88 valence electrons. The van der Waals surface area contributed by atoms with E-state index in [2.05, 4.69) is 26.0 Å². The minimum Gasteiger partial charge on any atom is -0.489 e. The van der Waals surface area contributed by atoms with Gasteiger partial charge in [0.25, 0.3) is 0 Å². The zero-order valence-corrected chi connectivity index (χ0v) is 10.1. The van der Waals surface area contributed by atoms with Crippen LogP contribution in [-0.4, -0.2) is 13.2 Å². The Bertz CT molecular complexity index is 333. The Morgan fingerprint density at radius 1 is 1.31 bits per heavy atom. The first-order valence-corrected chi connectivity index (χ1v) is 5.86. The van der Waals surface area contributed by atoms with Gasteiger partial charge in [-0.2, -0.15) is 0 Å². The fraction of sp³-hybridized carbons (Fsp3) is 0.429. The number of nitrogens with two attached hydrogens (primary N) is 1. The maximum atomic E-state index is 5.72. The molecular formula is C14H21NO. The molecule has 0 heterocycles. The number of para-hydroxylation sites is 1. The highest BCUT2D eigenvalue weighted by molar-refractivity contribution is 5.35. The van der Waals surface area contributed by atoms with Crippen LogP contribution in [0.25, 0.3) is 0 Å². The molecule has 0 spiro atoms. The molecule has 1 aromatic rings. The molecule has 1 rings (SSSR count). The van der Waals surface area contributed by atoms with Crippen LogP contribution in [0.3, 0.4) is 0 Å². The Morgan fingerprint density at radius 2 is 2.06 bits per heavy atom. The van der Waals surface area contributed by atoms with E-state index in [9.17, 15) is 0 Å². The van der Waals surface area contributed by atoms with Gasteiger partial charge in [-0.15, -0.1) is 0 Å². The predicted molar refractivity (Wildman–Crippen MR) is 68.8 cm³/mol. The van der Waals surface area contributed by atoms with E-state index >= 15 is 0 Å². The summed E-state index contributed by atoms with van der Waals surface area (Å²) in [5, 5.41) is 0. The summed E-state index contributed by atoms with van der Waals surface area (Å²) in [4.78, 5) is 0. The summed E-state index contributed by atoms with van der Waals surface area (Å²) in [7, 11) is 0. The minimum absolute atomic E-state index is 0.537. The molecule has 16 heavy (non-hydrogen) atoms. The molecule has 0 bridgehead atoms. The van der Waals surface area contributed by atoms with Crippen LogP contribution in [0.5, 0.6) is 5.75 Å². The lowest BCUT2D eigenvalue weighted by Crippen LogP contribution is -2.01. The Hall–Kier alpha value is -1.28. The molecule has 0 saturated carbocycles. The molecule has 0 saturated heterocycles. The number of ether oxygens (including phenoxy) is 1. The third-order valence-electron chi connectivity index (χ3n) is 2.70. The maximum absolute atomic E-state index is 5.72. The maximum Gasteiger partial charge on any atom is 0.123 e. The zero-order valence-electron chi connectivity index (χ0n) is 10.1.